The molecule has 39 heavy (non-hydrogen) atoms. The summed E-state index contributed by atoms with van der Waals surface area (Å²) >= 11 is 0.843. The topological polar surface area (TPSA) is 79.7 Å². The van der Waals surface area contributed by atoms with Crippen LogP contribution in [0.25, 0.3) is 17.0 Å². The van der Waals surface area contributed by atoms with Crippen molar-refractivity contribution in [3.8, 4) is 0 Å². The molecule has 0 spiro atoms. The van der Waals surface area contributed by atoms with Crippen LogP contribution in [0.1, 0.15) is 60.2 Å². The van der Waals surface area contributed by atoms with Crippen molar-refractivity contribution >= 4 is 51.6 Å². The molecular formula is C31H33N3O4S. The number of aryl methyl sites for hydroxylation is 2. The Labute approximate surface area is 232 Å². The van der Waals surface area contributed by atoms with E-state index in [0.717, 1.165) is 76.5 Å². The molecule has 5 rings (SSSR count). The van der Waals surface area contributed by atoms with Crippen molar-refractivity contribution < 1.29 is 19.2 Å². The van der Waals surface area contributed by atoms with E-state index < -0.39 is 11.1 Å². The number of fused-ring (bicyclic) bond motifs is 1. The Hall–Kier alpha value is -3.65. The first-order valence-electron chi connectivity index (χ1n) is 13.5. The Kier molecular flexibility index (Phi) is 7.75. The minimum absolute atomic E-state index is 0.0893. The minimum atomic E-state index is -0.476. The first kappa shape index (κ1) is 26.9. The van der Waals surface area contributed by atoms with Crippen LogP contribution in [-0.2, 0) is 22.6 Å². The summed E-state index contributed by atoms with van der Waals surface area (Å²) in [6, 6.07) is 13.3. The second-order valence-corrected chi connectivity index (χ2v) is 11.4. The van der Waals surface area contributed by atoms with Crippen LogP contribution in [0.3, 0.4) is 0 Å². The van der Waals surface area contributed by atoms with Crippen LogP contribution in [0.5, 0.6) is 0 Å². The standard InChI is InChI=1S/C31H33N3O4S/c1-4-22-9-7-10-25-24(17-32(29(22)25)19-28(36)33-15-6-5-8-21(33)3)16-27-30(37)34(31(38)39-27)18-26(35)23-13-11-20(2)12-14-23/h7,9-14,16-17,21H,4-6,8,15,18-19H2,1-3H3/b27-16-/t21-/m1/s1. The summed E-state index contributed by atoms with van der Waals surface area (Å²) in [5, 5.41) is 0.468. The number of hydrogen-bond donors (Lipinski definition) is 0. The summed E-state index contributed by atoms with van der Waals surface area (Å²) in [5.74, 6) is -0.670. The zero-order valence-corrected chi connectivity index (χ0v) is 23.4. The van der Waals surface area contributed by atoms with Crippen LogP contribution < -0.4 is 0 Å². The summed E-state index contributed by atoms with van der Waals surface area (Å²) in [5.41, 5.74) is 4.35. The monoisotopic (exact) mass is 543 g/mol. The molecule has 3 aromatic rings. The summed E-state index contributed by atoms with van der Waals surface area (Å²) in [6.45, 7) is 6.82. The number of hydrogen-bond acceptors (Lipinski definition) is 5. The van der Waals surface area contributed by atoms with Gasteiger partial charge in [-0.2, -0.15) is 0 Å². The molecule has 0 N–H and O–H groups in total. The molecule has 2 aliphatic heterocycles. The fourth-order valence-corrected chi connectivity index (χ4v) is 6.28. The number of Topliss-reactive ketones (excluding diaryl/α,β-unsaturated/α-hetero) is 1. The average molecular weight is 544 g/mol. The molecule has 1 atom stereocenters. The fourth-order valence-electron chi connectivity index (χ4n) is 5.45. The first-order chi connectivity index (χ1) is 18.8. The van der Waals surface area contributed by atoms with E-state index in [2.05, 4.69) is 19.9 Å². The molecule has 2 aliphatic rings. The van der Waals surface area contributed by atoms with Gasteiger partial charge < -0.3 is 9.47 Å². The number of rotatable bonds is 7. The van der Waals surface area contributed by atoms with Crippen LogP contribution in [0.4, 0.5) is 4.79 Å². The molecular weight excluding hydrogens is 510 g/mol. The van der Waals surface area contributed by atoms with Crippen molar-refractivity contribution in [2.45, 2.75) is 59.0 Å². The zero-order chi connectivity index (χ0) is 27.7. The van der Waals surface area contributed by atoms with E-state index in [1.54, 1.807) is 18.2 Å². The minimum Gasteiger partial charge on any atom is -0.338 e. The van der Waals surface area contributed by atoms with Gasteiger partial charge in [-0.15, -0.1) is 0 Å². The van der Waals surface area contributed by atoms with Gasteiger partial charge in [-0.05, 0) is 62.9 Å². The number of piperidine rings is 1. The van der Waals surface area contributed by atoms with E-state index in [1.165, 1.54) is 0 Å². The van der Waals surface area contributed by atoms with Gasteiger partial charge in [-0.3, -0.25) is 24.1 Å². The molecule has 7 nitrogen and oxygen atoms in total. The number of carbonyl (C=O) groups excluding carboxylic acids is 4. The number of carbonyl (C=O) groups is 4. The number of ketones is 1. The van der Waals surface area contributed by atoms with Gasteiger partial charge in [0.15, 0.2) is 5.78 Å². The lowest BCUT2D eigenvalue weighted by Gasteiger charge is -2.33. The van der Waals surface area contributed by atoms with Crippen molar-refractivity contribution in [2.75, 3.05) is 13.1 Å². The summed E-state index contributed by atoms with van der Waals surface area (Å²) in [7, 11) is 0. The number of thioether (sulfide) groups is 1. The highest BCUT2D eigenvalue weighted by Crippen LogP contribution is 2.35. The molecule has 2 fully saturated rings. The molecule has 1 aromatic heterocycles. The van der Waals surface area contributed by atoms with E-state index in [1.807, 2.05) is 46.9 Å². The Morgan fingerprint density at radius 2 is 1.82 bits per heavy atom. The van der Waals surface area contributed by atoms with Gasteiger partial charge in [0.2, 0.25) is 5.91 Å². The van der Waals surface area contributed by atoms with E-state index in [-0.39, 0.29) is 35.7 Å². The quantitative estimate of drug-likeness (QED) is 0.277. The number of amides is 3. The number of benzene rings is 2. The fraction of sp³-hybridized carbons (Fsp3) is 0.355. The number of para-hydroxylation sites is 1. The second kappa shape index (κ2) is 11.2. The highest BCUT2D eigenvalue weighted by Gasteiger charge is 2.36. The highest BCUT2D eigenvalue weighted by atomic mass is 32.2. The van der Waals surface area contributed by atoms with Crippen molar-refractivity contribution in [1.29, 1.82) is 0 Å². The van der Waals surface area contributed by atoms with Gasteiger partial charge in [0.1, 0.15) is 6.54 Å². The highest BCUT2D eigenvalue weighted by molar-refractivity contribution is 8.18. The third-order valence-electron chi connectivity index (χ3n) is 7.66. The third kappa shape index (κ3) is 5.43. The summed E-state index contributed by atoms with van der Waals surface area (Å²) in [6.07, 6.45) is 7.61. The van der Waals surface area contributed by atoms with E-state index in [0.29, 0.717) is 5.56 Å². The maximum absolute atomic E-state index is 13.3. The number of imide groups is 1. The average Bonchev–Trinajstić information content (AvgIpc) is 3.40. The van der Waals surface area contributed by atoms with Crippen molar-refractivity contribution in [1.82, 2.24) is 14.4 Å². The maximum atomic E-state index is 13.3. The van der Waals surface area contributed by atoms with Crippen LogP contribution >= 0.6 is 11.8 Å². The van der Waals surface area contributed by atoms with Crippen LogP contribution in [0.15, 0.2) is 53.6 Å². The summed E-state index contributed by atoms with van der Waals surface area (Å²) in [4.78, 5) is 55.3. The molecule has 3 amide bonds. The summed E-state index contributed by atoms with van der Waals surface area (Å²) < 4.78 is 1.98. The lowest BCUT2D eigenvalue weighted by molar-refractivity contribution is -0.135. The van der Waals surface area contributed by atoms with Crippen LogP contribution in [0.2, 0.25) is 0 Å². The van der Waals surface area contributed by atoms with Gasteiger partial charge in [-0.25, -0.2) is 0 Å². The Morgan fingerprint density at radius 3 is 2.54 bits per heavy atom. The largest absolute Gasteiger partial charge is 0.338 e. The lowest BCUT2D eigenvalue weighted by atomic mass is 10.0. The molecule has 0 unspecified atom stereocenters. The van der Waals surface area contributed by atoms with Gasteiger partial charge in [-0.1, -0.05) is 55.0 Å². The number of likely N-dealkylation sites (tertiary alicyclic amines) is 1. The van der Waals surface area contributed by atoms with E-state index in [4.69, 9.17) is 0 Å². The predicted molar refractivity (Wildman–Crippen MR) is 155 cm³/mol. The molecule has 0 bridgehead atoms. The molecule has 2 saturated heterocycles. The number of aromatic nitrogens is 1. The molecule has 3 heterocycles. The molecule has 0 saturated carbocycles. The lowest BCUT2D eigenvalue weighted by Crippen LogP contribution is -2.43. The molecule has 202 valence electrons. The van der Waals surface area contributed by atoms with Gasteiger partial charge in [0, 0.05) is 35.3 Å². The third-order valence-corrected chi connectivity index (χ3v) is 8.57. The molecule has 2 aromatic carbocycles. The van der Waals surface area contributed by atoms with Crippen LogP contribution in [-0.4, -0.2) is 56.3 Å². The van der Waals surface area contributed by atoms with Crippen LogP contribution in [0, 0.1) is 6.92 Å². The van der Waals surface area contributed by atoms with Crippen molar-refractivity contribution in [3.05, 3.63) is 75.8 Å². The molecule has 8 heteroatoms. The van der Waals surface area contributed by atoms with Gasteiger partial charge in [0.25, 0.3) is 11.1 Å². The number of nitrogens with zero attached hydrogens (tertiary/aromatic N) is 3. The normalized spacial score (nSPS) is 18.9. The van der Waals surface area contributed by atoms with Crippen molar-refractivity contribution in [2.24, 2.45) is 0 Å². The Balaban J connectivity index is 1.43. The Bertz CT molecular complexity index is 1490. The van der Waals surface area contributed by atoms with Gasteiger partial charge >= 0.3 is 0 Å². The maximum Gasteiger partial charge on any atom is 0.293 e. The first-order valence-corrected chi connectivity index (χ1v) is 14.3. The van der Waals surface area contributed by atoms with E-state index in [9.17, 15) is 19.2 Å². The zero-order valence-electron chi connectivity index (χ0n) is 22.6. The SMILES string of the molecule is CCc1cccc2c(/C=C3\SC(=O)N(CC(=O)c4ccc(C)cc4)C3=O)cn(CC(=O)N3CCCC[C@H]3C)c12. The van der Waals surface area contributed by atoms with Crippen molar-refractivity contribution in [3.63, 3.8) is 0 Å². The molecule has 0 radical (unpaired) electrons. The second-order valence-electron chi connectivity index (χ2n) is 10.4. The van der Waals surface area contributed by atoms with Gasteiger partial charge in [0.05, 0.1) is 17.0 Å². The predicted octanol–water partition coefficient (Wildman–Crippen LogP) is 5.83. The smallest absolute Gasteiger partial charge is 0.293 e. The van der Waals surface area contributed by atoms with E-state index >= 15 is 0 Å². The Morgan fingerprint density at radius 1 is 1.05 bits per heavy atom. The molecule has 0 aliphatic carbocycles.